The molecule has 0 fully saturated rings. The first kappa shape index (κ1) is 21.9. The number of allylic oxidation sites excluding steroid dienone is 1. The van der Waals surface area contributed by atoms with E-state index in [4.69, 9.17) is 21.6 Å². The number of H-pyrrole nitrogens is 1. The van der Waals surface area contributed by atoms with Crippen LogP contribution >= 0.6 is 18.7 Å². The molecule has 0 spiro atoms. The Morgan fingerprint density at radius 1 is 1.30 bits per heavy atom. The zero-order valence-electron chi connectivity index (χ0n) is 17.2. The van der Waals surface area contributed by atoms with Crippen LogP contribution in [0.25, 0.3) is 17.0 Å². The molecular weight excluding hydrogens is 419 g/mol. The zero-order chi connectivity index (χ0) is 22.1. The molecule has 1 atom stereocenters. The van der Waals surface area contributed by atoms with E-state index in [1.807, 2.05) is 32.0 Å². The van der Waals surface area contributed by atoms with Gasteiger partial charge in [0, 0.05) is 27.3 Å². The van der Waals surface area contributed by atoms with Gasteiger partial charge in [-0.05, 0) is 74.5 Å². The molecule has 3 aromatic rings. The fourth-order valence-corrected chi connectivity index (χ4v) is 6.14. The predicted octanol–water partition coefficient (Wildman–Crippen LogP) is 5.10. The summed E-state index contributed by atoms with van der Waals surface area (Å²) in [7, 11) is -3.25. The number of halogens is 1. The lowest BCUT2D eigenvalue weighted by Gasteiger charge is -2.17. The molecule has 154 valence electrons. The molecule has 0 aliphatic heterocycles. The van der Waals surface area contributed by atoms with Gasteiger partial charge in [-0.2, -0.15) is 5.26 Å². The second-order valence-corrected chi connectivity index (χ2v) is 10.4. The molecular formula is C23H22ClN2O3P. The number of carbonyl (C=O) groups is 1. The fraction of sp³-hybridized carbons (Fsp3) is 0.217. The minimum absolute atomic E-state index is 0.179. The Morgan fingerprint density at radius 3 is 2.70 bits per heavy atom. The van der Waals surface area contributed by atoms with Crippen LogP contribution in [0.2, 0.25) is 5.02 Å². The number of aryl methyl sites for hydroxylation is 2. The SMILES string of the molecule is CCOC(=O)c1[nH]c2ccc(Cl)c(C)c2c1[P@](C)(=O)c1cc(C)cc(/C=C/C#N)c1. The minimum atomic E-state index is -3.25. The molecule has 0 aliphatic carbocycles. The van der Waals surface area contributed by atoms with E-state index in [1.54, 1.807) is 37.9 Å². The summed E-state index contributed by atoms with van der Waals surface area (Å²) in [6.45, 7) is 7.31. The number of ether oxygens (including phenoxy) is 1. The smallest absolute Gasteiger partial charge is 0.355 e. The standard InChI is InChI=1S/C23H22ClN2O3P/c1-5-29-23(27)21-22(20-15(3)18(24)8-9-19(20)26-21)30(4,28)17-12-14(2)11-16(13-17)7-6-10-25/h6-9,11-13,26H,5H2,1-4H3/b7-6+/t30-/m1/s1. The van der Waals surface area contributed by atoms with Gasteiger partial charge in [0.1, 0.15) is 12.8 Å². The van der Waals surface area contributed by atoms with Crippen molar-refractivity contribution in [1.29, 1.82) is 5.26 Å². The molecule has 0 saturated carbocycles. The van der Waals surface area contributed by atoms with E-state index >= 15 is 0 Å². The Bertz CT molecular complexity index is 1270. The number of benzene rings is 2. The lowest BCUT2D eigenvalue weighted by molar-refractivity contribution is 0.0522. The highest BCUT2D eigenvalue weighted by Gasteiger charge is 2.33. The van der Waals surface area contributed by atoms with E-state index in [9.17, 15) is 9.36 Å². The van der Waals surface area contributed by atoms with Crippen molar-refractivity contribution in [2.45, 2.75) is 20.8 Å². The Balaban J connectivity index is 2.35. The van der Waals surface area contributed by atoms with Crippen LogP contribution in [0, 0.1) is 25.2 Å². The maximum absolute atomic E-state index is 14.3. The van der Waals surface area contributed by atoms with Crippen LogP contribution in [0.15, 0.2) is 36.4 Å². The van der Waals surface area contributed by atoms with Gasteiger partial charge in [0.15, 0.2) is 0 Å². The highest BCUT2D eigenvalue weighted by molar-refractivity contribution is 7.78. The fourth-order valence-electron chi connectivity index (χ4n) is 3.59. The van der Waals surface area contributed by atoms with Crippen LogP contribution in [0.5, 0.6) is 0 Å². The van der Waals surface area contributed by atoms with Crippen LogP contribution in [0.4, 0.5) is 0 Å². The van der Waals surface area contributed by atoms with Crippen molar-refractivity contribution in [3.63, 3.8) is 0 Å². The summed E-state index contributed by atoms with van der Waals surface area (Å²) in [5.74, 6) is -0.557. The first-order valence-electron chi connectivity index (χ1n) is 9.45. The number of rotatable bonds is 5. The van der Waals surface area contributed by atoms with Gasteiger partial charge < -0.3 is 14.3 Å². The molecule has 1 heterocycles. The normalized spacial score (nSPS) is 13.3. The third-order valence-corrected chi connectivity index (χ3v) is 7.92. The Labute approximate surface area is 180 Å². The Morgan fingerprint density at radius 2 is 2.03 bits per heavy atom. The number of aromatic amines is 1. The van der Waals surface area contributed by atoms with Crippen LogP contribution in [0.3, 0.4) is 0 Å². The van der Waals surface area contributed by atoms with Gasteiger partial charge in [-0.25, -0.2) is 4.79 Å². The molecule has 0 unspecified atom stereocenters. The second kappa shape index (κ2) is 8.52. The molecule has 0 aliphatic rings. The lowest BCUT2D eigenvalue weighted by atomic mass is 10.1. The molecule has 7 heteroatoms. The summed E-state index contributed by atoms with van der Waals surface area (Å²) in [5, 5.41) is 11.0. The molecule has 3 rings (SSSR count). The third kappa shape index (κ3) is 3.94. The molecule has 0 saturated heterocycles. The highest BCUT2D eigenvalue weighted by atomic mass is 35.5. The van der Waals surface area contributed by atoms with Crippen molar-refractivity contribution >= 4 is 52.3 Å². The summed E-state index contributed by atoms with van der Waals surface area (Å²) >= 11 is 6.35. The number of nitriles is 1. The monoisotopic (exact) mass is 440 g/mol. The molecule has 2 aromatic carbocycles. The molecule has 1 N–H and O–H groups in total. The number of nitrogens with one attached hydrogen (secondary N) is 1. The van der Waals surface area contributed by atoms with Gasteiger partial charge in [0.25, 0.3) is 0 Å². The summed E-state index contributed by atoms with van der Waals surface area (Å²) < 4.78 is 19.5. The molecule has 0 radical (unpaired) electrons. The zero-order valence-corrected chi connectivity index (χ0v) is 18.9. The number of aromatic nitrogens is 1. The van der Waals surface area contributed by atoms with Crippen molar-refractivity contribution in [2.75, 3.05) is 13.3 Å². The molecule has 5 nitrogen and oxygen atoms in total. The molecule has 0 bridgehead atoms. The van der Waals surface area contributed by atoms with Crippen molar-refractivity contribution < 1.29 is 14.1 Å². The van der Waals surface area contributed by atoms with E-state index in [1.165, 1.54) is 6.08 Å². The van der Waals surface area contributed by atoms with Crippen LogP contribution in [-0.4, -0.2) is 24.2 Å². The number of carbonyl (C=O) groups excluding carboxylic acids is 1. The summed E-state index contributed by atoms with van der Waals surface area (Å²) in [6.07, 6.45) is 3.04. The van der Waals surface area contributed by atoms with E-state index in [2.05, 4.69) is 4.98 Å². The molecule has 1 aromatic heterocycles. The molecule has 0 amide bonds. The van der Waals surface area contributed by atoms with Crippen LogP contribution < -0.4 is 10.6 Å². The van der Waals surface area contributed by atoms with Crippen molar-refractivity contribution in [3.8, 4) is 6.07 Å². The quantitative estimate of drug-likeness (QED) is 0.340. The minimum Gasteiger partial charge on any atom is -0.461 e. The third-order valence-electron chi connectivity index (χ3n) is 4.97. The van der Waals surface area contributed by atoms with Crippen molar-refractivity contribution in [1.82, 2.24) is 4.98 Å². The van der Waals surface area contributed by atoms with Gasteiger partial charge in [0.05, 0.1) is 18.0 Å². The number of nitrogens with zero attached hydrogens (tertiary/aromatic N) is 1. The Kier molecular flexibility index (Phi) is 6.22. The van der Waals surface area contributed by atoms with Gasteiger partial charge in [-0.1, -0.05) is 17.7 Å². The number of esters is 1. The van der Waals surface area contributed by atoms with Crippen LogP contribution in [0.1, 0.15) is 34.1 Å². The van der Waals surface area contributed by atoms with Gasteiger partial charge >= 0.3 is 5.97 Å². The van der Waals surface area contributed by atoms with E-state index in [0.717, 1.165) is 16.7 Å². The first-order valence-corrected chi connectivity index (χ1v) is 12.0. The van der Waals surface area contributed by atoms with Gasteiger partial charge in [-0.15, -0.1) is 0 Å². The van der Waals surface area contributed by atoms with Gasteiger partial charge in [0.2, 0.25) is 0 Å². The highest BCUT2D eigenvalue weighted by Crippen LogP contribution is 2.44. The Hall–Kier alpha value is -2.80. The van der Waals surface area contributed by atoms with E-state index in [-0.39, 0.29) is 12.3 Å². The van der Waals surface area contributed by atoms with E-state index < -0.39 is 13.1 Å². The maximum Gasteiger partial charge on any atom is 0.355 e. The largest absolute Gasteiger partial charge is 0.461 e. The number of fused-ring (bicyclic) bond motifs is 1. The summed E-state index contributed by atoms with van der Waals surface area (Å²) in [6, 6.07) is 11.0. The number of hydrogen-bond acceptors (Lipinski definition) is 4. The van der Waals surface area contributed by atoms with E-state index in [0.29, 0.717) is 26.5 Å². The van der Waals surface area contributed by atoms with Crippen molar-refractivity contribution in [2.24, 2.45) is 0 Å². The van der Waals surface area contributed by atoms with Crippen LogP contribution in [-0.2, 0) is 9.30 Å². The van der Waals surface area contributed by atoms with Gasteiger partial charge in [-0.3, -0.25) is 0 Å². The predicted molar refractivity (Wildman–Crippen MR) is 123 cm³/mol. The maximum atomic E-state index is 14.3. The summed E-state index contributed by atoms with van der Waals surface area (Å²) in [5.41, 5.74) is 3.27. The first-order chi connectivity index (χ1) is 14.2. The topological polar surface area (TPSA) is 83.0 Å². The lowest BCUT2D eigenvalue weighted by Crippen LogP contribution is -2.23. The molecule has 30 heavy (non-hydrogen) atoms. The van der Waals surface area contributed by atoms with Crippen molar-refractivity contribution in [3.05, 3.63) is 63.8 Å². The number of hydrogen-bond donors (Lipinski definition) is 1. The summed E-state index contributed by atoms with van der Waals surface area (Å²) in [4.78, 5) is 15.8. The average molecular weight is 441 g/mol. The average Bonchev–Trinajstić information content (AvgIpc) is 3.10. The second-order valence-electron chi connectivity index (χ2n) is 7.15.